The molecule has 100 valence electrons. The zero-order chi connectivity index (χ0) is 13.1. The summed E-state index contributed by atoms with van der Waals surface area (Å²) in [6.07, 6.45) is 1.97. The molecule has 0 saturated carbocycles. The highest BCUT2D eigenvalue weighted by Crippen LogP contribution is 2.29. The van der Waals surface area contributed by atoms with Gasteiger partial charge in [0.1, 0.15) is 11.6 Å². The van der Waals surface area contributed by atoms with Crippen LogP contribution in [0.3, 0.4) is 0 Å². The number of hydrogen-bond acceptors (Lipinski definition) is 7. The summed E-state index contributed by atoms with van der Waals surface area (Å²) in [6, 6.07) is 2.39. The molecule has 2 atom stereocenters. The van der Waals surface area contributed by atoms with E-state index in [-0.39, 0.29) is 0 Å². The van der Waals surface area contributed by atoms with Crippen LogP contribution in [-0.4, -0.2) is 39.8 Å². The van der Waals surface area contributed by atoms with Gasteiger partial charge in [0.15, 0.2) is 5.16 Å². The van der Waals surface area contributed by atoms with Crippen LogP contribution in [0.15, 0.2) is 11.2 Å². The van der Waals surface area contributed by atoms with Gasteiger partial charge >= 0.3 is 0 Å². The van der Waals surface area contributed by atoms with Crippen molar-refractivity contribution in [1.82, 2.24) is 9.97 Å². The predicted octanol–water partition coefficient (Wildman–Crippen LogP) is 1.81. The van der Waals surface area contributed by atoms with Gasteiger partial charge in [0.2, 0.25) is 0 Å². The summed E-state index contributed by atoms with van der Waals surface area (Å²) in [5, 5.41) is 1.36. The lowest BCUT2D eigenvalue weighted by Crippen LogP contribution is -2.45. The second kappa shape index (κ2) is 5.99. The largest absolute Gasteiger partial charge is 0.352 e. The van der Waals surface area contributed by atoms with Gasteiger partial charge in [0.05, 0.1) is 0 Å². The van der Waals surface area contributed by atoms with Crippen LogP contribution in [0.1, 0.15) is 13.8 Å². The molecular weight excluding hydrogens is 266 g/mol. The van der Waals surface area contributed by atoms with Gasteiger partial charge in [0.25, 0.3) is 0 Å². The van der Waals surface area contributed by atoms with Crippen LogP contribution in [0.25, 0.3) is 0 Å². The normalized spacial score (nSPS) is 24.1. The number of nitrogens with two attached hydrogens (primary N) is 1. The molecule has 0 spiro atoms. The third-order valence-corrected chi connectivity index (χ3v) is 5.09. The van der Waals surface area contributed by atoms with Crippen molar-refractivity contribution in [2.24, 2.45) is 5.84 Å². The number of aromatic nitrogens is 2. The fourth-order valence-corrected chi connectivity index (χ4v) is 3.46. The van der Waals surface area contributed by atoms with E-state index in [0.717, 1.165) is 23.3 Å². The minimum Gasteiger partial charge on any atom is -0.352 e. The molecule has 0 aromatic carbocycles. The Bertz CT molecular complexity index is 392. The minimum atomic E-state index is 0.471. The Kier molecular flexibility index (Phi) is 4.58. The number of nitrogen functional groups attached to an aromatic ring is 1. The fraction of sp³-hybridized carbons (Fsp3) is 0.636. The average molecular weight is 285 g/mol. The molecule has 1 aliphatic rings. The summed E-state index contributed by atoms with van der Waals surface area (Å²) >= 11 is 3.54. The number of nitrogens with one attached hydrogen (secondary N) is 1. The molecule has 1 aromatic rings. The number of thioether (sulfide) groups is 2. The third-order valence-electron chi connectivity index (χ3n) is 3.20. The molecule has 0 bridgehead atoms. The van der Waals surface area contributed by atoms with Crippen molar-refractivity contribution >= 4 is 35.2 Å². The van der Waals surface area contributed by atoms with Gasteiger partial charge in [-0.3, -0.25) is 0 Å². The maximum Gasteiger partial charge on any atom is 0.191 e. The Hall–Kier alpha value is -0.660. The van der Waals surface area contributed by atoms with Crippen molar-refractivity contribution in [1.29, 1.82) is 0 Å². The summed E-state index contributed by atoms with van der Waals surface area (Å²) in [5.41, 5.74) is 2.61. The van der Waals surface area contributed by atoms with Crippen molar-refractivity contribution in [2.75, 3.05) is 28.9 Å². The molecule has 7 heteroatoms. The molecular formula is C11H19N5S2. The molecule has 18 heavy (non-hydrogen) atoms. The number of hydrazine groups is 1. The minimum absolute atomic E-state index is 0.471. The number of hydrogen-bond donors (Lipinski definition) is 2. The molecule has 1 aliphatic heterocycles. The van der Waals surface area contributed by atoms with Crippen LogP contribution in [-0.2, 0) is 0 Å². The molecule has 2 heterocycles. The smallest absolute Gasteiger partial charge is 0.191 e. The van der Waals surface area contributed by atoms with E-state index in [9.17, 15) is 0 Å². The first-order chi connectivity index (χ1) is 8.65. The number of rotatable bonds is 3. The fourth-order valence-electron chi connectivity index (χ4n) is 1.98. The van der Waals surface area contributed by atoms with E-state index in [4.69, 9.17) is 5.84 Å². The molecule has 0 aliphatic carbocycles. The number of nitrogens with zero attached hydrogens (tertiary/aromatic N) is 3. The zero-order valence-corrected chi connectivity index (χ0v) is 12.5. The summed E-state index contributed by atoms with van der Waals surface area (Å²) in [4.78, 5) is 11.2. The van der Waals surface area contributed by atoms with Gasteiger partial charge in [-0.25, -0.2) is 15.8 Å². The molecule has 2 unspecified atom stereocenters. The van der Waals surface area contributed by atoms with E-state index in [1.165, 1.54) is 11.8 Å². The van der Waals surface area contributed by atoms with Gasteiger partial charge < -0.3 is 10.3 Å². The van der Waals surface area contributed by atoms with Crippen molar-refractivity contribution in [3.63, 3.8) is 0 Å². The van der Waals surface area contributed by atoms with Gasteiger partial charge in [0, 0.05) is 29.7 Å². The second-order valence-electron chi connectivity index (χ2n) is 4.25. The highest BCUT2D eigenvalue weighted by molar-refractivity contribution is 8.00. The Morgan fingerprint density at radius 3 is 2.94 bits per heavy atom. The van der Waals surface area contributed by atoms with Crippen LogP contribution in [0.2, 0.25) is 0 Å². The predicted molar refractivity (Wildman–Crippen MR) is 80.4 cm³/mol. The first-order valence-corrected chi connectivity index (χ1v) is 8.21. The lowest BCUT2D eigenvalue weighted by Gasteiger charge is -2.38. The topological polar surface area (TPSA) is 67.1 Å². The molecule has 5 nitrogen and oxygen atoms in total. The average Bonchev–Trinajstić information content (AvgIpc) is 2.41. The van der Waals surface area contributed by atoms with Gasteiger partial charge in [-0.05, 0) is 13.2 Å². The maximum atomic E-state index is 5.46. The highest BCUT2D eigenvalue weighted by atomic mass is 32.2. The standard InChI is InChI=1S/C11H19N5S2/c1-7-8(2)18-5-4-16(7)10-6-9(15-12)13-11(14-10)17-3/h6-8H,4-5,12H2,1-3H3,(H,13,14,15). The monoisotopic (exact) mass is 285 g/mol. The van der Waals surface area contributed by atoms with E-state index >= 15 is 0 Å². The van der Waals surface area contributed by atoms with E-state index in [1.807, 2.05) is 24.1 Å². The summed E-state index contributed by atoms with van der Waals surface area (Å²) < 4.78 is 0. The third kappa shape index (κ3) is 2.84. The van der Waals surface area contributed by atoms with Crippen LogP contribution in [0, 0.1) is 0 Å². The van der Waals surface area contributed by atoms with Crippen molar-refractivity contribution in [3.8, 4) is 0 Å². The van der Waals surface area contributed by atoms with E-state index in [1.54, 1.807) is 0 Å². The van der Waals surface area contributed by atoms with Gasteiger partial charge in [-0.1, -0.05) is 18.7 Å². The molecule has 3 N–H and O–H groups in total. The van der Waals surface area contributed by atoms with E-state index in [2.05, 4.69) is 34.1 Å². The van der Waals surface area contributed by atoms with Crippen LogP contribution in [0.5, 0.6) is 0 Å². The quantitative estimate of drug-likeness (QED) is 0.380. The Morgan fingerprint density at radius 1 is 1.50 bits per heavy atom. The number of anilines is 2. The van der Waals surface area contributed by atoms with Crippen LogP contribution >= 0.6 is 23.5 Å². The Balaban J connectivity index is 2.31. The highest BCUT2D eigenvalue weighted by Gasteiger charge is 2.26. The Labute approximate surface area is 116 Å². The van der Waals surface area contributed by atoms with Crippen molar-refractivity contribution in [3.05, 3.63) is 6.07 Å². The van der Waals surface area contributed by atoms with Crippen molar-refractivity contribution in [2.45, 2.75) is 30.3 Å². The zero-order valence-electron chi connectivity index (χ0n) is 10.9. The van der Waals surface area contributed by atoms with Gasteiger partial charge in [-0.2, -0.15) is 11.8 Å². The maximum absolute atomic E-state index is 5.46. The second-order valence-corrected chi connectivity index (χ2v) is 6.51. The summed E-state index contributed by atoms with van der Waals surface area (Å²) in [7, 11) is 0. The van der Waals surface area contributed by atoms with E-state index in [0.29, 0.717) is 17.1 Å². The molecule has 0 radical (unpaired) electrons. The van der Waals surface area contributed by atoms with Crippen LogP contribution in [0.4, 0.5) is 11.6 Å². The lowest BCUT2D eigenvalue weighted by molar-refractivity contribution is 0.616. The summed E-state index contributed by atoms with van der Waals surface area (Å²) in [6.45, 7) is 5.53. The summed E-state index contributed by atoms with van der Waals surface area (Å²) in [5.74, 6) is 8.23. The van der Waals surface area contributed by atoms with E-state index < -0.39 is 0 Å². The van der Waals surface area contributed by atoms with Gasteiger partial charge in [-0.15, -0.1) is 0 Å². The molecule has 1 fully saturated rings. The molecule has 0 amide bonds. The molecule has 1 saturated heterocycles. The lowest BCUT2D eigenvalue weighted by atomic mass is 10.2. The first kappa shape index (κ1) is 13.8. The van der Waals surface area contributed by atoms with Crippen molar-refractivity contribution < 1.29 is 0 Å². The Morgan fingerprint density at radius 2 is 2.28 bits per heavy atom. The first-order valence-electron chi connectivity index (χ1n) is 5.93. The molecule has 1 aromatic heterocycles. The molecule has 2 rings (SSSR count). The van der Waals surface area contributed by atoms with Crippen LogP contribution < -0.4 is 16.2 Å². The SMILES string of the molecule is CSc1nc(NN)cc(N2CCSC(C)C2C)n1.